The highest BCUT2D eigenvalue weighted by atomic mass is 35.5. The van der Waals surface area contributed by atoms with Crippen LogP contribution >= 0.6 is 11.6 Å². The first-order valence-corrected chi connectivity index (χ1v) is 5.62. The van der Waals surface area contributed by atoms with Crippen LogP contribution in [0.25, 0.3) is 10.9 Å². The van der Waals surface area contributed by atoms with Gasteiger partial charge in [0, 0.05) is 17.5 Å². The minimum atomic E-state index is -1.12. The molecule has 1 heterocycles. The standard InChI is InChI=1S/C12H13ClN2O2/c13-12-8(11(17)10(16)6-14)5-7-3-1-2-4-9(7)15-12/h1-5,10-11,16-17H,6,14H2. The number of aliphatic hydroxyl groups excluding tert-OH is 2. The van der Waals surface area contributed by atoms with E-state index in [1.165, 1.54) is 0 Å². The Balaban J connectivity index is 2.50. The molecule has 0 aliphatic heterocycles. The lowest BCUT2D eigenvalue weighted by Crippen LogP contribution is -2.27. The number of hydrogen-bond acceptors (Lipinski definition) is 4. The zero-order valence-corrected chi connectivity index (χ0v) is 9.80. The summed E-state index contributed by atoms with van der Waals surface area (Å²) >= 11 is 5.98. The van der Waals surface area contributed by atoms with Crippen molar-refractivity contribution in [1.29, 1.82) is 0 Å². The highest BCUT2D eigenvalue weighted by Gasteiger charge is 2.20. The Morgan fingerprint density at radius 1 is 1.29 bits per heavy atom. The number of halogens is 1. The van der Waals surface area contributed by atoms with Crippen molar-refractivity contribution in [2.45, 2.75) is 12.2 Å². The van der Waals surface area contributed by atoms with E-state index in [9.17, 15) is 10.2 Å². The number of hydrogen-bond donors (Lipinski definition) is 3. The molecular weight excluding hydrogens is 240 g/mol. The monoisotopic (exact) mass is 252 g/mol. The van der Waals surface area contributed by atoms with E-state index in [1.54, 1.807) is 6.07 Å². The van der Waals surface area contributed by atoms with Crippen LogP contribution in [0, 0.1) is 0 Å². The molecule has 0 bridgehead atoms. The van der Waals surface area contributed by atoms with Crippen molar-refractivity contribution in [3.8, 4) is 0 Å². The molecule has 5 heteroatoms. The van der Waals surface area contributed by atoms with Crippen molar-refractivity contribution in [2.24, 2.45) is 5.73 Å². The van der Waals surface area contributed by atoms with Gasteiger partial charge in [0.15, 0.2) is 0 Å². The lowest BCUT2D eigenvalue weighted by molar-refractivity contribution is 0.0243. The molecule has 0 saturated heterocycles. The van der Waals surface area contributed by atoms with Gasteiger partial charge in [0.05, 0.1) is 11.6 Å². The van der Waals surface area contributed by atoms with Crippen LogP contribution in [-0.2, 0) is 0 Å². The Morgan fingerprint density at radius 3 is 2.71 bits per heavy atom. The molecule has 2 unspecified atom stereocenters. The van der Waals surface area contributed by atoms with Crippen LogP contribution in [-0.4, -0.2) is 27.8 Å². The summed E-state index contributed by atoms with van der Waals surface area (Å²) < 4.78 is 0. The second kappa shape index (κ2) is 4.98. The second-order valence-corrected chi connectivity index (χ2v) is 4.17. The Hall–Kier alpha value is -1.20. The average molecular weight is 253 g/mol. The molecule has 2 aromatic rings. The molecule has 0 aliphatic carbocycles. The zero-order valence-electron chi connectivity index (χ0n) is 9.05. The van der Waals surface area contributed by atoms with E-state index in [4.69, 9.17) is 17.3 Å². The quantitative estimate of drug-likeness (QED) is 0.718. The molecule has 0 fully saturated rings. The predicted octanol–water partition coefficient (Wildman–Crippen LogP) is 1.24. The smallest absolute Gasteiger partial charge is 0.135 e. The van der Waals surface area contributed by atoms with E-state index in [2.05, 4.69) is 4.98 Å². The molecule has 0 saturated carbocycles. The molecule has 17 heavy (non-hydrogen) atoms. The SMILES string of the molecule is NCC(O)C(O)c1cc2ccccc2nc1Cl. The normalized spacial score (nSPS) is 14.8. The van der Waals surface area contributed by atoms with Crippen LogP contribution in [0.5, 0.6) is 0 Å². The maximum Gasteiger partial charge on any atom is 0.135 e. The number of nitrogens with zero attached hydrogens (tertiary/aromatic N) is 1. The fourth-order valence-corrected chi connectivity index (χ4v) is 1.91. The molecule has 0 aliphatic rings. The Bertz CT molecular complexity index is 533. The topological polar surface area (TPSA) is 79.4 Å². The number of aliphatic hydroxyl groups is 2. The summed E-state index contributed by atoms with van der Waals surface area (Å²) in [5, 5.41) is 20.4. The first-order valence-electron chi connectivity index (χ1n) is 5.25. The summed E-state index contributed by atoms with van der Waals surface area (Å²) in [6.45, 7) is -0.0374. The number of benzene rings is 1. The van der Waals surface area contributed by atoms with Gasteiger partial charge in [-0.1, -0.05) is 29.8 Å². The van der Waals surface area contributed by atoms with Crippen molar-refractivity contribution >= 4 is 22.5 Å². The summed E-state index contributed by atoms with van der Waals surface area (Å²) in [4.78, 5) is 4.17. The lowest BCUT2D eigenvalue weighted by Gasteiger charge is -2.17. The minimum Gasteiger partial charge on any atom is -0.389 e. The van der Waals surface area contributed by atoms with Gasteiger partial charge in [-0.3, -0.25) is 0 Å². The van der Waals surface area contributed by atoms with Gasteiger partial charge in [0.2, 0.25) is 0 Å². The van der Waals surface area contributed by atoms with Gasteiger partial charge < -0.3 is 15.9 Å². The van der Waals surface area contributed by atoms with Crippen LogP contribution in [0.15, 0.2) is 30.3 Å². The van der Waals surface area contributed by atoms with Gasteiger partial charge in [-0.25, -0.2) is 4.98 Å². The molecule has 90 valence electrons. The Labute approximate surface area is 104 Å². The largest absolute Gasteiger partial charge is 0.389 e. The van der Waals surface area contributed by atoms with Crippen LogP contribution in [0.3, 0.4) is 0 Å². The van der Waals surface area contributed by atoms with E-state index in [0.29, 0.717) is 5.56 Å². The van der Waals surface area contributed by atoms with E-state index in [0.717, 1.165) is 10.9 Å². The van der Waals surface area contributed by atoms with Crippen LogP contribution in [0.4, 0.5) is 0 Å². The molecule has 4 nitrogen and oxygen atoms in total. The second-order valence-electron chi connectivity index (χ2n) is 3.81. The minimum absolute atomic E-state index is 0.0374. The summed E-state index contributed by atoms with van der Waals surface area (Å²) in [7, 11) is 0. The first kappa shape index (κ1) is 12.3. The van der Waals surface area contributed by atoms with Gasteiger partial charge in [-0.05, 0) is 12.1 Å². The molecule has 2 atom stereocenters. The average Bonchev–Trinajstić information content (AvgIpc) is 2.36. The van der Waals surface area contributed by atoms with Crippen molar-refractivity contribution in [3.63, 3.8) is 0 Å². The Morgan fingerprint density at radius 2 is 2.00 bits per heavy atom. The van der Waals surface area contributed by atoms with Crippen molar-refractivity contribution in [1.82, 2.24) is 4.98 Å². The lowest BCUT2D eigenvalue weighted by atomic mass is 10.0. The maximum atomic E-state index is 9.87. The molecule has 0 amide bonds. The molecule has 1 aromatic carbocycles. The van der Waals surface area contributed by atoms with E-state index in [-0.39, 0.29) is 11.7 Å². The van der Waals surface area contributed by atoms with Crippen molar-refractivity contribution < 1.29 is 10.2 Å². The number of fused-ring (bicyclic) bond motifs is 1. The summed E-state index contributed by atoms with van der Waals surface area (Å²) in [6.07, 6.45) is -2.17. The fraction of sp³-hybridized carbons (Fsp3) is 0.250. The van der Waals surface area contributed by atoms with Crippen LogP contribution in [0.2, 0.25) is 5.15 Å². The molecule has 4 N–H and O–H groups in total. The summed E-state index contributed by atoms with van der Waals surface area (Å²) in [6, 6.07) is 9.14. The third kappa shape index (κ3) is 2.40. The fourth-order valence-electron chi connectivity index (χ4n) is 1.65. The van der Waals surface area contributed by atoms with Crippen molar-refractivity contribution in [2.75, 3.05) is 6.54 Å². The zero-order chi connectivity index (χ0) is 12.4. The van der Waals surface area contributed by atoms with Crippen LogP contribution in [0.1, 0.15) is 11.7 Å². The van der Waals surface area contributed by atoms with Gasteiger partial charge in [-0.2, -0.15) is 0 Å². The van der Waals surface area contributed by atoms with Crippen LogP contribution < -0.4 is 5.73 Å². The summed E-state index contributed by atoms with van der Waals surface area (Å²) in [5.41, 5.74) is 6.44. The van der Waals surface area contributed by atoms with E-state index < -0.39 is 12.2 Å². The molecule has 2 rings (SSSR count). The molecule has 0 spiro atoms. The highest BCUT2D eigenvalue weighted by molar-refractivity contribution is 6.30. The van der Waals surface area contributed by atoms with E-state index >= 15 is 0 Å². The van der Waals surface area contributed by atoms with Gasteiger partial charge >= 0.3 is 0 Å². The molecule has 1 aromatic heterocycles. The van der Waals surface area contributed by atoms with Gasteiger partial charge in [0.1, 0.15) is 11.3 Å². The third-order valence-electron chi connectivity index (χ3n) is 2.63. The number of pyridine rings is 1. The number of nitrogens with two attached hydrogens (primary N) is 1. The van der Waals surface area contributed by atoms with Crippen molar-refractivity contribution in [3.05, 3.63) is 41.0 Å². The highest BCUT2D eigenvalue weighted by Crippen LogP contribution is 2.27. The third-order valence-corrected chi connectivity index (χ3v) is 2.93. The van der Waals surface area contributed by atoms with Gasteiger partial charge in [0.25, 0.3) is 0 Å². The number of aromatic nitrogens is 1. The molecule has 0 radical (unpaired) electrons. The first-order chi connectivity index (χ1) is 8.13. The van der Waals surface area contributed by atoms with Gasteiger partial charge in [-0.15, -0.1) is 0 Å². The molecular formula is C12H13ClN2O2. The summed E-state index contributed by atoms with van der Waals surface area (Å²) in [5.74, 6) is 0. The number of para-hydroxylation sites is 1. The predicted molar refractivity (Wildman–Crippen MR) is 66.8 cm³/mol. The Kier molecular flexibility index (Phi) is 3.59. The van der Waals surface area contributed by atoms with E-state index in [1.807, 2.05) is 24.3 Å². The number of rotatable bonds is 3. The maximum absolute atomic E-state index is 9.87.